The van der Waals surface area contributed by atoms with Gasteiger partial charge in [-0.2, -0.15) is 13.2 Å². The van der Waals surface area contributed by atoms with Crippen LogP contribution in [0.4, 0.5) is 23.4 Å². The molecule has 6 rings (SSSR count). The van der Waals surface area contributed by atoms with Gasteiger partial charge in [-0.1, -0.05) is 6.07 Å². The van der Waals surface area contributed by atoms with Gasteiger partial charge in [0.15, 0.2) is 5.82 Å². The van der Waals surface area contributed by atoms with Gasteiger partial charge in [0, 0.05) is 24.2 Å². The topological polar surface area (TPSA) is 64.3 Å². The molecule has 2 N–H and O–H groups in total. The maximum atomic E-state index is 14.4. The van der Waals surface area contributed by atoms with Crippen LogP contribution in [0.1, 0.15) is 49.7 Å². The fourth-order valence-corrected chi connectivity index (χ4v) is 7.16. The summed E-state index contributed by atoms with van der Waals surface area (Å²) >= 11 is 0. The van der Waals surface area contributed by atoms with Crippen molar-refractivity contribution in [3.05, 3.63) is 41.2 Å². The van der Waals surface area contributed by atoms with E-state index in [9.17, 15) is 17.6 Å². The van der Waals surface area contributed by atoms with E-state index in [1.54, 1.807) is 6.92 Å². The largest absolute Gasteiger partial charge is 0.420 e. The number of hydrogen-bond donors (Lipinski definition) is 1. The number of hydrogen-bond acceptors (Lipinski definition) is 5. The first-order chi connectivity index (χ1) is 16.7. The van der Waals surface area contributed by atoms with Crippen LogP contribution in [-0.4, -0.2) is 41.0 Å². The van der Waals surface area contributed by atoms with Crippen LogP contribution in [0.5, 0.6) is 0 Å². The van der Waals surface area contributed by atoms with E-state index in [1.165, 1.54) is 18.2 Å². The van der Waals surface area contributed by atoms with Gasteiger partial charge in [-0.3, -0.25) is 0 Å². The standard InChI is InChI=1S/C26H30F4N4O/c1-13-2-3-16(27)9-19(13)22-11-21(26(28,29)30)25(33-32-22)34-12-15-6-17(31)10-20(15)23(34)8-14-7-18-4-5-24(14)35-18/h2-3,9,11,14-15,17-18,20,23-24H,4-8,10,12,31H2,1H3/t14-,15-,17+,18+,20+,23+,24+/m1/s1. The fraction of sp³-hybridized carbons (Fsp3) is 0.615. The quantitative estimate of drug-likeness (QED) is 0.604. The minimum Gasteiger partial charge on any atom is -0.375 e. The van der Waals surface area contributed by atoms with E-state index in [1.807, 2.05) is 4.90 Å². The summed E-state index contributed by atoms with van der Waals surface area (Å²) in [5, 5.41) is 8.34. The zero-order chi connectivity index (χ0) is 24.5. The van der Waals surface area contributed by atoms with Crippen molar-refractivity contribution in [1.29, 1.82) is 0 Å². The second-order valence-corrected chi connectivity index (χ2v) is 10.9. The van der Waals surface area contributed by atoms with Gasteiger partial charge in [-0.05, 0) is 87.0 Å². The molecule has 5 nitrogen and oxygen atoms in total. The number of halogens is 4. The molecule has 3 saturated heterocycles. The van der Waals surface area contributed by atoms with E-state index in [0.29, 0.717) is 29.7 Å². The van der Waals surface area contributed by atoms with Crippen molar-refractivity contribution < 1.29 is 22.3 Å². The number of ether oxygens (including phenoxy) is 1. The molecule has 2 aromatic rings. The highest BCUT2D eigenvalue weighted by molar-refractivity contribution is 5.66. The molecule has 9 heteroatoms. The molecule has 0 unspecified atom stereocenters. The molecular weight excluding hydrogens is 460 g/mol. The summed E-state index contributed by atoms with van der Waals surface area (Å²) in [5.41, 5.74) is 6.43. The second kappa shape index (κ2) is 8.40. The van der Waals surface area contributed by atoms with Crippen molar-refractivity contribution in [2.45, 2.75) is 75.9 Å². The predicted molar refractivity (Wildman–Crippen MR) is 123 cm³/mol. The lowest BCUT2D eigenvalue weighted by Crippen LogP contribution is -2.39. The molecule has 0 amide bonds. The molecule has 7 atom stereocenters. The molecule has 2 bridgehead atoms. The number of alkyl halides is 3. The number of benzene rings is 1. The Morgan fingerprint density at radius 2 is 1.94 bits per heavy atom. The Hall–Kier alpha value is -2.26. The molecule has 0 radical (unpaired) electrons. The lowest BCUT2D eigenvalue weighted by Gasteiger charge is -2.34. The van der Waals surface area contributed by atoms with Gasteiger partial charge in [-0.25, -0.2) is 4.39 Å². The number of nitrogens with two attached hydrogens (primary N) is 1. The first kappa shape index (κ1) is 23.2. The molecule has 1 aliphatic carbocycles. The number of fused-ring (bicyclic) bond motifs is 3. The lowest BCUT2D eigenvalue weighted by atomic mass is 9.80. The van der Waals surface area contributed by atoms with Gasteiger partial charge >= 0.3 is 6.18 Å². The van der Waals surface area contributed by atoms with Crippen molar-refractivity contribution in [3.63, 3.8) is 0 Å². The fourth-order valence-electron chi connectivity index (χ4n) is 7.16. The van der Waals surface area contributed by atoms with Crippen LogP contribution in [0.3, 0.4) is 0 Å². The van der Waals surface area contributed by atoms with E-state index < -0.39 is 17.6 Å². The molecule has 4 fully saturated rings. The van der Waals surface area contributed by atoms with E-state index in [-0.39, 0.29) is 41.5 Å². The lowest BCUT2D eigenvalue weighted by molar-refractivity contribution is -0.137. The average Bonchev–Trinajstić information content (AvgIpc) is 3.57. The summed E-state index contributed by atoms with van der Waals surface area (Å²) in [7, 11) is 0. The van der Waals surface area contributed by atoms with Crippen molar-refractivity contribution in [3.8, 4) is 11.3 Å². The third kappa shape index (κ3) is 4.10. The highest BCUT2D eigenvalue weighted by atomic mass is 19.4. The maximum Gasteiger partial charge on any atom is 0.420 e. The predicted octanol–water partition coefficient (Wildman–Crippen LogP) is 5.11. The summed E-state index contributed by atoms with van der Waals surface area (Å²) in [4.78, 5) is 1.85. The zero-order valence-electron chi connectivity index (χ0n) is 19.6. The third-order valence-corrected chi connectivity index (χ3v) is 8.72. The minimum atomic E-state index is -4.62. The molecule has 4 heterocycles. The molecule has 0 spiro atoms. The van der Waals surface area contributed by atoms with Crippen LogP contribution >= 0.6 is 0 Å². The molecule has 35 heavy (non-hydrogen) atoms. The molecule has 4 aliphatic rings. The van der Waals surface area contributed by atoms with Crippen LogP contribution in [0.25, 0.3) is 11.3 Å². The van der Waals surface area contributed by atoms with Crippen molar-refractivity contribution in [2.75, 3.05) is 11.4 Å². The Bertz CT molecular complexity index is 1130. The monoisotopic (exact) mass is 490 g/mol. The van der Waals surface area contributed by atoms with E-state index >= 15 is 0 Å². The summed E-state index contributed by atoms with van der Waals surface area (Å²) < 4.78 is 63.0. The minimum absolute atomic E-state index is 0.0255. The molecule has 1 aromatic heterocycles. The van der Waals surface area contributed by atoms with Gasteiger partial charge in [0.2, 0.25) is 0 Å². The summed E-state index contributed by atoms with van der Waals surface area (Å²) in [6.45, 7) is 2.22. The van der Waals surface area contributed by atoms with Crippen LogP contribution < -0.4 is 10.6 Å². The van der Waals surface area contributed by atoms with Gasteiger partial charge in [0.25, 0.3) is 0 Å². The van der Waals surface area contributed by atoms with Gasteiger partial charge in [-0.15, -0.1) is 10.2 Å². The Morgan fingerprint density at radius 3 is 2.66 bits per heavy atom. The Morgan fingerprint density at radius 1 is 1.11 bits per heavy atom. The highest BCUT2D eigenvalue weighted by Gasteiger charge is 2.52. The Balaban J connectivity index is 1.38. The molecular formula is C26H30F4N4O. The first-order valence-corrected chi connectivity index (χ1v) is 12.6. The van der Waals surface area contributed by atoms with Crippen molar-refractivity contribution in [2.24, 2.45) is 23.5 Å². The first-order valence-electron chi connectivity index (χ1n) is 12.6. The second-order valence-electron chi connectivity index (χ2n) is 10.9. The van der Waals surface area contributed by atoms with Crippen LogP contribution in [-0.2, 0) is 10.9 Å². The SMILES string of the molecule is Cc1ccc(F)cc1-c1cc(C(F)(F)F)c(N2C[C@H]3C[C@H](N)C[C@@H]3[C@@H]2C[C@H]2C[C@@H]3CC[C@@H]2O3)nn1. The number of aromatic nitrogens is 2. The molecule has 188 valence electrons. The number of rotatable bonds is 4. The third-order valence-electron chi connectivity index (χ3n) is 8.72. The Labute approximate surface area is 202 Å². The van der Waals surface area contributed by atoms with Crippen LogP contribution in [0, 0.1) is 30.5 Å². The van der Waals surface area contributed by atoms with Crippen LogP contribution in [0.2, 0.25) is 0 Å². The maximum absolute atomic E-state index is 14.4. The van der Waals surface area contributed by atoms with E-state index in [2.05, 4.69) is 10.2 Å². The summed E-state index contributed by atoms with van der Waals surface area (Å²) in [5.74, 6) is 0.210. The number of aryl methyl sites for hydroxylation is 1. The smallest absolute Gasteiger partial charge is 0.375 e. The Kier molecular flexibility index (Phi) is 5.56. The summed E-state index contributed by atoms with van der Waals surface area (Å²) in [6, 6.07) is 5.07. The van der Waals surface area contributed by atoms with Gasteiger partial charge in [0.05, 0.1) is 17.9 Å². The zero-order valence-corrected chi connectivity index (χ0v) is 19.6. The van der Waals surface area contributed by atoms with Crippen LogP contribution in [0.15, 0.2) is 24.3 Å². The molecule has 1 aromatic carbocycles. The molecule has 1 saturated carbocycles. The summed E-state index contributed by atoms with van der Waals surface area (Å²) in [6.07, 6.45) is 1.41. The van der Waals surface area contributed by atoms with Crippen molar-refractivity contribution >= 4 is 5.82 Å². The van der Waals surface area contributed by atoms with E-state index in [0.717, 1.165) is 44.6 Å². The van der Waals surface area contributed by atoms with Crippen molar-refractivity contribution in [1.82, 2.24) is 10.2 Å². The average molecular weight is 491 g/mol. The van der Waals surface area contributed by atoms with E-state index in [4.69, 9.17) is 10.5 Å². The normalized spacial score (nSPS) is 34.1. The van der Waals surface area contributed by atoms with Gasteiger partial charge in [0.1, 0.15) is 11.4 Å². The highest BCUT2D eigenvalue weighted by Crippen LogP contribution is 2.50. The van der Waals surface area contributed by atoms with Gasteiger partial charge < -0.3 is 15.4 Å². The number of anilines is 1. The molecule has 3 aliphatic heterocycles. The number of nitrogens with zero attached hydrogens (tertiary/aromatic N) is 3.